The molecule has 248 valence electrons. The van der Waals surface area contributed by atoms with E-state index in [4.69, 9.17) is 44.2 Å². The quantitative estimate of drug-likeness (QED) is 0.131. The minimum Gasteiger partial charge on any atom is -0.263 e. The Kier molecular flexibility index (Phi) is 13.8. The molecule has 1 amide bonds. The lowest BCUT2D eigenvalue weighted by Gasteiger charge is -2.35. The molecule has 2 aliphatic rings. The van der Waals surface area contributed by atoms with Crippen LogP contribution in [0, 0.1) is 0 Å². The van der Waals surface area contributed by atoms with Crippen molar-refractivity contribution in [1.82, 2.24) is 5.43 Å². The molecule has 2 aromatic rings. The van der Waals surface area contributed by atoms with Crippen LogP contribution in [-0.4, -0.2) is 43.6 Å². The van der Waals surface area contributed by atoms with Crippen molar-refractivity contribution in [3.63, 3.8) is 0 Å². The molecule has 45 heavy (non-hydrogen) atoms. The first-order chi connectivity index (χ1) is 21.6. The highest BCUT2D eigenvalue weighted by Gasteiger charge is 2.43. The molecule has 0 aliphatic carbocycles. The van der Waals surface area contributed by atoms with Crippen LogP contribution in [0.25, 0.3) is 0 Å². The third kappa shape index (κ3) is 10.8. The summed E-state index contributed by atoms with van der Waals surface area (Å²) in [6, 6.07) is 12.1. The van der Waals surface area contributed by atoms with Crippen LogP contribution in [-0.2, 0) is 19.2 Å². The number of nitrogens with zero attached hydrogens (tertiary/aromatic N) is 3. The second-order valence-corrected chi connectivity index (χ2v) is 15.1. The van der Waals surface area contributed by atoms with Gasteiger partial charge in [0.2, 0.25) is 0 Å². The van der Waals surface area contributed by atoms with Gasteiger partial charge in [-0.25, -0.2) is 0 Å². The van der Waals surface area contributed by atoms with Crippen molar-refractivity contribution < 1.29 is 22.3 Å². The molecule has 2 aromatic carbocycles. The van der Waals surface area contributed by atoms with Crippen molar-refractivity contribution in [2.24, 2.45) is 5.10 Å². The summed E-state index contributed by atoms with van der Waals surface area (Å²) in [5, 5.41) is 7.88. The first-order valence-corrected chi connectivity index (χ1v) is 19.0. The van der Waals surface area contributed by atoms with E-state index in [-0.39, 0.29) is 23.9 Å². The van der Waals surface area contributed by atoms with E-state index in [9.17, 15) is 13.2 Å². The summed E-state index contributed by atoms with van der Waals surface area (Å²) in [7, 11) is -3.87. The largest absolute Gasteiger partial charge is 0.317 e. The molecule has 0 aromatic heterocycles. The average molecular weight is 701 g/mol. The van der Waals surface area contributed by atoms with E-state index in [1.54, 1.807) is 35.3 Å². The molecule has 1 N–H and O–H groups in total. The van der Waals surface area contributed by atoms with Gasteiger partial charge in [-0.3, -0.25) is 9.80 Å². The zero-order chi connectivity index (χ0) is 32.3. The van der Waals surface area contributed by atoms with E-state index in [1.165, 1.54) is 38.5 Å². The summed E-state index contributed by atoms with van der Waals surface area (Å²) >= 11 is 18.8. The van der Waals surface area contributed by atoms with Crippen LogP contribution in [0.1, 0.15) is 108 Å². The Morgan fingerprint density at radius 3 is 2.11 bits per heavy atom. The number of anilines is 1. The van der Waals surface area contributed by atoms with Gasteiger partial charge in [0.15, 0.2) is 0 Å². The number of nitrogens with one attached hydrogen (secondary N) is 1. The summed E-state index contributed by atoms with van der Waals surface area (Å²) in [5.41, 5.74) is 4.66. The lowest BCUT2D eigenvalue weighted by atomic mass is 10.0. The summed E-state index contributed by atoms with van der Waals surface area (Å²) in [6.07, 6.45) is 13.8. The Morgan fingerprint density at radius 2 is 1.49 bits per heavy atom. The van der Waals surface area contributed by atoms with Crippen molar-refractivity contribution in [2.75, 3.05) is 23.9 Å². The molecule has 0 bridgehead atoms. The van der Waals surface area contributed by atoms with Crippen LogP contribution >= 0.6 is 34.8 Å². The van der Waals surface area contributed by atoms with Gasteiger partial charge in [0, 0.05) is 29.3 Å². The first-order valence-electron chi connectivity index (χ1n) is 16.3. The fourth-order valence-electron chi connectivity index (χ4n) is 5.98. The number of hydrogen-bond acceptors (Lipinski definition) is 6. The van der Waals surface area contributed by atoms with Gasteiger partial charge in [-0.2, -0.15) is 18.9 Å². The molecule has 4 rings (SSSR count). The number of benzene rings is 2. The number of carbonyl (C=O) groups excluding carboxylic acids is 1. The van der Waals surface area contributed by atoms with Gasteiger partial charge in [-0.15, -0.1) is 0 Å². The molecule has 8 nitrogen and oxygen atoms in total. The van der Waals surface area contributed by atoms with Gasteiger partial charge in [-0.05, 0) is 53.0 Å². The molecule has 1 atom stereocenters. The fourth-order valence-corrected chi connectivity index (χ4v) is 7.85. The van der Waals surface area contributed by atoms with E-state index in [0.29, 0.717) is 40.3 Å². The number of piperidine rings is 1. The Hall–Kier alpha value is -1.88. The second kappa shape index (κ2) is 17.3. The summed E-state index contributed by atoms with van der Waals surface area (Å²) < 4.78 is 31.6. The smallest absolute Gasteiger partial charge is 0.263 e. The highest BCUT2D eigenvalue weighted by Crippen LogP contribution is 2.40. The normalized spacial score (nSPS) is 18.2. The predicted octanol–water partition coefficient (Wildman–Crippen LogP) is 9.17. The predicted molar refractivity (Wildman–Crippen MR) is 184 cm³/mol. The first kappa shape index (κ1) is 36.0. The number of carbonyl (C=O) groups is 1. The molecule has 1 saturated heterocycles. The van der Waals surface area contributed by atoms with Crippen molar-refractivity contribution in [3.8, 4) is 0 Å². The molecular formula is C33H46Cl3N4O4S+. The highest BCUT2D eigenvalue weighted by atomic mass is 35.5. The molecule has 0 spiro atoms. The number of rotatable bonds is 17. The molecule has 12 heteroatoms. The van der Waals surface area contributed by atoms with Gasteiger partial charge >= 0.3 is 16.0 Å². The third-order valence-corrected chi connectivity index (χ3v) is 10.5. The Labute approximate surface area is 283 Å². The zero-order valence-electron chi connectivity index (χ0n) is 26.2. The molecule has 2 heterocycles. The second-order valence-electron chi connectivity index (χ2n) is 12.1. The number of hydrogen-bond donors (Lipinski definition) is 1. The van der Waals surface area contributed by atoms with Crippen molar-refractivity contribution in [1.29, 1.82) is 0 Å². The minimum absolute atomic E-state index is 0.0677. The maximum Gasteiger partial charge on any atom is 0.317 e. The number of amides is 1. The topological polar surface area (TPSA) is 88.1 Å². The van der Waals surface area contributed by atoms with Gasteiger partial charge in [0.1, 0.15) is 18.8 Å². The maximum atomic E-state index is 13.8. The monoisotopic (exact) mass is 699 g/mol. The minimum atomic E-state index is -3.87. The number of unbranched alkanes of at least 4 members (excludes halogenated alkanes) is 9. The molecule has 0 unspecified atom stereocenters. The van der Waals surface area contributed by atoms with E-state index >= 15 is 0 Å². The summed E-state index contributed by atoms with van der Waals surface area (Å²) in [4.78, 5) is 13.8. The van der Waals surface area contributed by atoms with Gasteiger partial charge < -0.3 is 0 Å². The Balaban J connectivity index is 1.40. The molecule has 0 saturated carbocycles. The lowest BCUT2D eigenvalue weighted by molar-refractivity contribution is -1.11. The number of hydrazone groups is 1. The van der Waals surface area contributed by atoms with E-state index in [1.807, 2.05) is 12.1 Å². The van der Waals surface area contributed by atoms with Crippen molar-refractivity contribution >= 4 is 62.2 Å². The van der Waals surface area contributed by atoms with Crippen molar-refractivity contribution in [2.45, 2.75) is 103 Å². The lowest BCUT2D eigenvalue weighted by Crippen LogP contribution is -2.64. The summed E-state index contributed by atoms with van der Waals surface area (Å²) in [6.45, 7) is 2.95. The standard InChI is InChI=1S/C33H45Cl3N4O4S/c1-2-3-4-5-6-7-8-9-10-14-23-45(42,43)44-40(21-12-11-13-22-40)38-33(41)30-25-32(26-15-17-27(34)18-16-26)39(37-30)31-20-19-28(35)24-29(31)36/h15-20,24,32H,2-14,21-23,25H2,1H3/p+1/t32-/m1/s1. The van der Waals surface area contributed by atoms with Crippen molar-refractivity contribution in [3.05, 3.63) is 63.1 Å². The number of halogens is 3. The van der Waals surface area contributed by atoms with Crippen LogP contribution in [0.4, 0.5) is 5.69 Å². The van der Waals surface area contributed by atoms with Crippen LogP contribution in [0.5, 0.6) is 0 Å². The van der Waals surface area contributed by atoms with Gasteiger partial charge in [0.25, 0.3) is 0 Å². The Bertz CT molecular complexity index is 1400. The zero-order valence-corrected chi connectivity index (χ0v) is 29.2. The fraction of sp³-hybridized carbons (Fsp3) is 0.576. The van der Waals surface area contributed by atoms with E-state index in [0.717, 1.165) is 44.1 Å². The SMILES string of the molecule is CCCCCCCCCCCCS(=O)(=O)O[N+]1(NC(=O)C2=NN(c3ccc(Cl)cc3Cl)[C@@H](c3ccc(Cl)cc3)C2)CCCCC1. The van der Waals surface area contributed by atoms with Crippen LogP contribution in [0.2, 0.25) is 15.1 Å². The molecule has 2 aliphatic heterocycles. The Morgan fingerprint density at radius 1 is 0.889 bits per heavy atom. The highest BCUT2D eigenvalue weighted by molar-refractivity contribution is 7.86. The van der Waals surface area contributed by atoms with Crippen LogP contribution in [0.15, 0.2) is 47.6 Å². The molecule has 0 radical (unpaired) electrons. The van der Waals surface area contributed by atoms with Crippen LogP contribution < -0.4 is 10.4 Å². The van der Waals surface area contributed by atoms with Crippen LogP contribution in [0.3, 0.4) is 0 Å². The summed E-state index contributed by atoms with van der Waals surface area (Å²) in [5.74, 6) is -0.542. The number of quaternary nitrogens is 1. The maximum absolute atomic E-state index is 13.8. The third-order valence-electron chi connectivity index (χ3n) is 8.43. The number of hydroxylamine groups is 2. The average Bonchev–Trinajstić information content (AvgIpc) is 3.44. The molecular weight excluding hydrogens is 655 g/mol. The molecule has 1 fully saturated rings. The van der Waals surface area contributed by atoms with Gasteiger partial charge in [-0.1, -0.05) is 116 Å². The van der Waals surface area contributed by atoms with E-state index < -0.39 is 20.8 Å². The van der Waals surface area contributed by atoms with Gasteiger partial charge in [0.05, 0.1) is 22.5 Å². The van der Waals surface area contributed by atoms with E-state index in [2.05, 4.69) is 12.3 Å².